The summed E-state index contributed by atoms with van der Waals surface area (Å²) in [7, 11) is 4.73. The van der Waals surface area contributed by atoms with Gasteiger partial charge in [0, 0.05) is 36.7 Å². The Morgan fingerprint density at radius 2 is 1.89 bits per heavy atom. The van der Waals surface area contributed by atoms with Crippen LogP contribution in [0.3, 0.4) is 0 Å². The van der Waals surface area contributed by atoms with E-state index >= 15 is 0 Å². The second-order valence-corrected chi connectivity index (χ2v) is 8.47. The molecular formula is C25H30N6O6. The average Bonchev–Trinajstić information content (AvgIpc) is 2.94. The molecule has 1 aliphatic heterocycles. The number of para-hydroxylation sites is 1. The number of likely N-dealkylation sites (tertiary alicyclic amines) is 1. The van der Waals surface area contributed by atoms with Crippen LogP contribution in [0.2, 0.25) is 0 Å². The Kier molecular flexibility index (Phi) is 7.96. The minimum atomic E-state index is -1.02. The summed E-state index contributed by atoms with van der Waals surface area (Å²) < 4.78 is 16.2. The predicted molar refractivity (Wildman–Crippen MR) is 137 cm³/mol. The highest BCUT2D eigenvalue weighted by Gasteiger charge is 2.28. The topological polar surface area (TPSA) is 147 Å². The molecule has 0 bridgehead atoms. The third-order valence-electron chi connectivity index (χ3n) is 6.21. The number of ether oxygens (including phenoxy) is 3. The number of nitrogens with one attached hydrogen (secondary N) is 3. The van der Waals surface area contributed by atoms with Crippen LogP contribution in [0.1, 0.15) is 18.4 Å². The standard InChI is InChI=1S/C25H30N6O6/c1-35-17-10-9-15(20(12-17)37-3)13-26-24-27-21-18(7-4-8-19(21)36-2)22(28-24)29-30-23(32)16-6-5-11-31(14-16)25(33)34/h4,7-10,12,16H,5-6,11,13-14H2,1-3H3,(H,30,32)(H,33,34)(H2,26,27,28,29). The van der Waals surface area contributed by atoms with Gasteiger partial charge in [-0.1, -0.05) is 6.07 Å². The van der Waals surface area contributed by atoms with Crippen LogP contribution in [-0.2, 0) is 11.3 Å². The quantitative estimate of drug-likeness (QED) is 0.317. The third kappa shape index (κ3) is 5.85. The number of fused-ring (bicyclic) bond motifs is 1. The summed E-state index contributed by atoms with van der Waals surface area (Å²) in [6.07, 6.45) is 0.205. The normalized spacial score (nSPS) is 15.1. The number of rotatable bonds is 9. The number of hydrazine groups is 1. The van der Waals surface area contributed by atoms with Crippen LogP contribution in [0.4, 0.5) is 16.6 Å². The van der Waals surface area contributed by atoms with Gasteiger partial charge in [-0.2, -0.15) is 4.98 Å². The number of carbonyl (C=O) groups is 2. The Labute approximate surface area is 213 Å². The van der Waals surface area contributed by atoms with Gasteiger partial charge in [-0.15, -0.1) is 0 Å². The molecule has 0 spiro atoms. The second kappa shape index (κ2) is 11.5. The maximum absolute atomic E-state index is 12.8. The lowest BCUT2D eigenvalue weighted by atomic mass is 9.98. The zero-order valence-electron chi connectivity index (χ0n) is 20.9. The van der Waals surface area contributed by atoms with Crippen molar-refractivity contribution >= 4 is 34.7 Å². The molecule has 2 heterocycles. The first-order valence-electron chi connectivity index (χ1n) is 11.8. The number of nitrogens with zero attached hydrogens (tertiary/aromatic N) is 3. The van der Waals surface area contributed by atoms with Crippen LogP contribution in [0, 0.1) is 5.92 Å². The molecule has 1 aromatic heterocycles. The molecule has 196 valence electrons. The van der Waals surface area contributed by atoms with Gasteiger partial charge < -0.3 is 29.5 Å². The first-order chi connectivity index (χ1) is 17.9. The molecule has 3 aromatic rings. The highest BCUT2D eigenvalue weighted by Crippen LogP contribution is 2.30. The van der Waals surface area contributed by atoms with Crippen molar-refractivity contribution in [1.29, 1.82) is 0 Å². The molecule has 1 unspecified atom stereocenters. The number of benzene rings is 2. The van der Waals surface area contributed by atoms with Gasteiger partial charge in [0.1, 0.15) is 22.8 Å². The van der Waals surface area contributed by atoms with E-state index in [1.54, 1.807) is 39.5 Å². The third-order valence-corrected chi connectivity index (χ3v) is 6.21. The Bertz CT molecular complexity index is 1290. The van der Waals surface area contributed by atoms with Gasteiger partial charge in [0.05, 0.1) is 27.2 Å². The lowest BCUT2D eigenvalue weighted by Gasteiger charge is -2.29. The molecule has 4 N–H and O–H groups in total. The number of piperidine rings is 1. The summed E-state index contributed by atoms with van der Waals surface area (Å²) in [6.45, 7) is 0.946. The van der Waals surface area contributed by atoms with Crippen molar-refractivity contribution in [2.75, 3.05) is 45.2 Å². The molecule has 1 aliphatic rings. The summed E-state index contributed by atoms with van der Waals surface area (Å²) in [4.78, 5) is 34.6. The van der Waals surface area contributed by atoms with E-state index < -0.39 is 12.0 Å². The van der Waals surface area contributed by atoms with E-state index in [1.165, 1.54) is 4.90 Å². The Morgan fingerprint density at radius 1 is 1.08 bits per heavy atom. The van der Waals surface area contributed by atoms with Gasteiger partial charge in [-0.3, -0.25) is 15.6 Å². The van der Waals surface area contributed by atoms with Crippen molar-refractivity contribution in [2.45, 2.75) is 19.4 Å². The first kappa shape index (κ1) is 25.6. The van der Waals surface area contributed by atoms with Gasteiger partial charge in [0.15, 0.2) is 5.82 Å². The Balaban J connectivity index is 1.55. The summed E-state index contributed by atoms with van der Waals surface area (Å²) in [5.74, 6) is 1.79. The van der Waals surface area contributed by atoms with Crippen LogP contribution in [0.15, 0.2) is 36.4 Å². The van der Waals surface area contributed by atoms with Crippen LogP contribution >= 0.6 is 0 Å². The van der Waals surface area contributed by atoms with Gasteiger partial charge >= 0.3 is 6.09 Å². The van der Waals surface area contributed by atoms with Gasteiger partial charge in [-0.05, 0) is 37.1 Å². The number of methoxy groups -OCH3 is 3. The molecule has 12 nitrogen and oxygen atoms in total. The van der Waals surface area contributed by atoms with E-state index in [-0.39, 0.29) is 12.5 Å². The van der Waals surface area contributed by atoms with Crippen molar-refractivity contribution in [3.8, 4) is 17.2 Å². The lowest BCUT2D eigenvalue weighted by molar-refractivity contribution is -0.125. The monoisotopic (exact) mass is 510 g/mol. The van der Waals surface area contributed by atoms with Crippen LogP contribution in [-0.4, -0.2) is 66.4 Å². The zero-order chi connectivity index (χ0) is 26.4. The van der Waals surface area contributed by atoms with Gasteiger partial charge in [0.2, 0.25) is 11.9 Å². The van der Waals surface area contributed by atoms with Crippen LogP contribution < -0.4 is 30.4 Å². The summed E-state index contributed by atoms with van der Waals surface area (Å²) in [5, 5.41) is 13.1. The minimum absolute atomic E-state index is 0.150. The molecule has 1 atom stereocenters. The highest BCUT2D eigenvalue weighted by molar-refractivity contribution is 5.94. The molecule has 2 amide bonds. The van der Waals surface area contributed by atoms with Gasteiger partial charge in [-0.25, -0.2) is 9.78 Å². The van der Waals surface area contributed by atoms with E-state index in [0.29, 0.717) is 65.8 Å². The Hall–Kier alpha value is -4.48. The summed E-state index contributed by atoms with van der Waals surface area (Å²) >= 11 is 0. The van der Waals surface area contributed by atoms with E-state index in [0.717, 1.165) is 5.56 Å². The molecular weight excluding hydrogens is 480 g/mol. The first-order valence-corrected chi connectivity index (χ1v) is 11.8. The van der Waals surface area contributed by atoms with Crippen molar-refractivity contribution in [3.05, 3.63) is 42.0 Å². The Morgan fingerprint density at radius 3 is 2.62 bits per heavy atom. The number of amides is 2. The van der Waals surface area contributed by atoms with Crippen molar-refractivity contribution in [1.82, 2.24) is 20.3 Å². The van der Waals surface area contributed by atoms with E-state index in [9.17, 15) is 14.7 Å². The molecule has 4 rings (SSSR count). The lowest BCUT2D eigenvalue weighted by Crippen LogP contribution is -2.46. The van der Waals surface area contributed by atoms with Crippen molar-refractivity contribution in [2.24, 2.45) is 5.92 Å². The number of aromatic nitrogens is 2. The summed E-state index contributed by atoms with van der Waals surface area (Å²) in [6, 6.07) is 10.9. The molecule has 0 aliphatic carbocycles. The fraction of sp³-hybridized carbons (Fsp3) is 0.360. The maximum Gasteiger partial charge on any atom is 0.407 e. The number of hydrogen-bond acceptors (Lipinski definition) is 9. The van der Waals surface area contributed by atoms with E-state index in [1.807, 2.05) is 18.2 Å². The number of carboxylic acid groups (broad SMARTS) is 1. The minimum Gasteiger partial charge on any atom is -0.497 e. The SMILES string of the molecule is COc1ccc(CNc2nc(NNC(=O)C3CCCN(C(=O)O)C3)c3cccc(OC)c3n2)c(OC)c1. The fourth-order valence-electron chi connectivity index (χ4n) is 4.22. The molecule has 1 fully saturated rings. The maximum atomic E-state index is 12.8. The molecule has 12 heteroatoms. The second-order valence-electron chi connectivity index (χ2n) is 8.47. The van der Waals surface area contributed by atoms with Crippen molar-refractivity contribution in [3.63, 3.8) is 0 Å². The zero-order valence-corrected chi connectivity index (χ0v) is 20.9. The molecule has 0 saturated carbocycles. The smallest absolute Gasteiger partial charge is 0.407 e. The van der Waals surface area contributed by atoms with Gasteiger partial charge in [0.25, 0.3) is 0 Å². The predicted octanol–water partition coefficient (Wildman–Crippen LogP) is 3.10. The van der Waals surface area contributed by atoms with E-state index in [2.05, 4.69) is 26.1 Å². The largest absolute Gasteiger partial charge is 0.497 e. The fourth-order valence-corrected chi connectivity index (χ4v) is 4.22. The number of carbonyl (C=O) groups excluding carboxylic acids is 1. The average molecular weight is 511 g/mol. The molecule has 0 radical (unpaired) electrons. The van der Waals surface area contributed by atoms with Crippen LogP contribution in [0.25, 0.3) is 10.9 Å². The van der Waals surface area contributed by atoms with Crippen LogP contribution in [0.5, 0.6) is 17.2 Å². The molecule has 1 saturated heterocycles. The summed E-state index contributed by atoms with van der Waals surface area (Å²) in [5.41, 5.74) is 7.01. The highest BCUT2D eigenvalue weighted by atomic mass is 16.5. The molecule has 2 aromatic carbocycles. The number of hydrogen-bond donors (Lipinski definition) is 4. The van der Waals surface area contributed by atoms with E-state index in [4.69, 9.17) is 14.2 Å². The number of anilines is 2. The van der Waals surface area contributed by atoms with Crippen molar-refractivity contribution < 1.29 is 28.9 Å². The molecule has 37 heavy (non-hydrogen) atoms.